The van der Waals surface area contributed by atoms with E-state index in [0.29, 0.717) is 6.04 Å². The van der Waals surface area contributed by atoms with Crippen LogP contribution in [0.4, 0.5) is 5.69 Å². The molecule has 0 aliphatic carbocycles. The van der Waals surface area contributed by atoms with Gasteiger partial charge in [-0.3, -0.25) is 4.98 Å². The molecule has 0 bridgehead atoms. The first-order valence-electron chi connectivity index (χ1n) is 8.03. The topological polar surface area (TPSA) is 28.2 Å². The highest BCUT2D eigenvalue weighted by Gasteiger charge is 2.23. The zero-order valence-corrected chi connectivity index (χ0v) is 13.4. The SMILES string of the molecule is CCCN1CCC(C(C)Nc2ccc(C)nc2C)CC1. The Morgan fingerprint density at radius 2 is 2.00 bits per heavy atom. The van der Waals surface area contributed by atoms with Gasteiger partial charge in [0.1, 0.15) is 0 Å². The van der Waals surface area contributed by atoms with Crippen molar-refractivity contribution in [3.8, 4) is 0 Å². The van der Waals surface area contributed by atoms with Crippen LogP contribution in [-0.4, -0.2) is 35.6 Å². The predicted octanol–water partition coefficient (Wildman–Crippen LogP) is 3.62. The van der Waals surface area contributed by atoms with Gasteiger partial charge in [0.05, 0.1) is 11.4 Å². The average molecular weight is 275 g/mol. The summed E-state index contributed by atoms with van der Waals surface area (Å²) < 4.78 is 0. The van der Waals surface area contributed by atoms with Crippen molar-refractivity contribution < 1.29 is 0 Å². The minimum atomic E-state index is 0.530. The van der Waals surface area contributed by atoms with Crippen LogP contribution in [0.5, 0.6) is 0 Å². The van der Waals surface area contributed by atoms with Crippen molar-refractivity contribution >= 4 is 5.69 Å². The van der Waals surface area contributed by atoms with Gasteiger partial charge in [0.25, 0.3) is 0 Å². The number of piperidine rings is 1. The minimum absolute atomic E-state index is 0.530. The van der Waals surface area contributed by atoms with E-state index >= 15 is 0 Å². The van der Waals surface area contributed by atoms with Gasteiger partial charge in [-0.05, 0) is 77.7 Å². The van der Waals surface area contributed by atoms with Gasteiger partial charge < -0.3 is 10.2 Å². The van der Waals surface area contributed by atoms with Crippen LogP contribution >= 0.6 is 0 Å². The molecule has 112 valence electrons. The van der Waals surface area contributed by atoms with E-state index in [9.17, 15) is 0 Å². The van der Waals surface area contributed by atoms with Gasteiger partial charge in [-0.15, -0.1) is 0 Å². The highest BCUT2D eigenvalue weighted by atomic mass is 15.1. The standard InChI is InChI=1S/C17H29N3/c1-5-10-20-11-8-16(9-12-20)14(3)19-17-7-6-13(2)18-15(17)4/h6-7,14,16,19H,5,8-12H2,1-4H3. The summed E-state index contributed by atoms with van der Waals surface area (Å²) in [7, 11) is 0. The van der Waals surface area contributed by atoms with Crippen LogP contribution in [0.2, 0.25) is 0 Å². The van der Waals surface area contributed by atoms with E-state index in [-0.39, 0.29) is 0 Å². The average Bonchev–Trinajstić information content (AvgIpc) is 2.43. The molecule has 1 aliphatic rings. The summed E-state index contributed by atoms with van der Waals surface area (Å²) in [6.07, 6.45) is 3.89. The molecule has 3 heteroatoms. The Kier molecular flexibility index (Phi) is 5.41. The molecule has 1 aromatic rings. The molecule has 0 saturated carbocycles. The maximum Gasteiger partial charge on any atom is 0.0606 e. The summed E-state index contributed by atoms with van der Waals surface area (Å²) in [5.74, 6) is 0.781. The molecule has 1 saturated heterocycles. The van der Waals surface area contributed by atoms with Gasteiger partial charge in [0.2, 0.25) is 0 Å². The van der Waals surface area contributed by atoms with Gasteiger partial charge >= 0.3 is 0 Å². The van der Waals surface area contributed by atoms with Gasteiger partial charge in [0, 0.05) is 11.7 Å². The second-order valence-electron chi connectivity index (χ2n) is 6.20. The normalized spacial score (nSPS) is 19.0. The maximum atomic E-state index is 4.54. The first-order valence-corrected chi connectivity index (χ1v) is 8.03. The fourth-order valence-electron chi connectivity index (χ4n) is 3.20. The molecule has 1 aliphatic heterocycles. The number of aromatic nitrogens is 1. The lowest BCUT2D eigenvalue weighted by Crippen LogP contribution is -2.39. The summed E-state index contributed by atoms with van der Waals surface area (Å²) in [4.78, 5) is 7.14. The largest absolute Gasteiger partial charge is 0.381 e. The van der Waals surface area contributed by atoms with Crippen LogP contribution in [0.15, 0.2) is 12.1 Å². The Labute approximate surface area is 123 Å². The quantitative estimate of drug-likeness (QED) is 0.889. The van der Waals surface area contributed by atoms with E-state index in [0.717, 1.165) is 17.3 Å². The van der Waals surface area contributed by atoms with Crippen molar-refractivity contribution in [2.45, 2.75) is 53.0 Å². The van der Waals surface area contributed by atoms with Crippen molar-refractivity contribution in [3.05, 3.63) is 23.5 Å². The fourth-order valence-corrected chi connectivity index (χ4v) is 3.20. The summed E-state index contributed by atoms with van der Waals surface area (Å²) in [6.45, 7) is 12.5. The van der Waals surface area contributed by atoms with Gasteiger partial charge in [-0.2, -0.15) is 0 Å². The number of nitrogens with zero attached hydrogens (tertiary/aromatic N) is 2. The molecule has 20 heavy (non-hydrogen) atoms. The van der Waals surface area contributed by atoms with E-state index in [1.54, 1.807) is 0 Å². The lowest BCUT2D eigenvalue weighted by Gasteiger charge is -2.35. The van der Waals surface area contributed by atoms with E-state index in [4.69, 9.17) is 0 Å². The van der Waals surface area contributed by atoms with Crippen molar-refractivity contribution in [2.24, 2.45) is 5.92 Å². The summed E-state index contributed by atoms with van der Waals surface area (Å²) in [5, 5.41) is 3.67. The van der Waals surface area contributed by atoms with Crippen LogP contribution in [0.1, 0.15) is 44.5 Å². The number of hydrogen-bond donors (Lipinski definition) is 1. The molecule has 0 radical (unpaired) electrons. The highest BCUT2D eigenvalue weighted by Crippen LogP contribution is 2.24. The molecule has 0 aromatic carbocycles. The third kappa shape index (κ3) is 3.95. The zero-order valence-electron chi connectivity index (χ0n) is 13.4. The number of nitrogens with one attached hydrogen (secondary N) is 1. The Balaban J connectivity index is 1.87. The molecular weight excluding hydrogens is 246 g/mol. The van der Waals surface area contributed by atoms with Crippen molar-refractivity contribution in [1.82, 2.24) is 9.88 Å². The Morgan fingerprint density at radius 3 is 2.60 bits per heavy atom. The van der Waals surface area contributed by atoms with E-state index in [1.807, 2.05) is 6.92 Å². The van der Waals surface area contributed by atoms with Crippen LogP contribution in [0.25, 0.3) is 0 Å². The molecule has 0 amide bonds. The van der Waals surface area contributed by atoms with Crippen molar-refractivity contribution in [2.75, 3.05) is 25.0 Å². The van der Waals surface area contributed by atoms with Crippen LogP contribution in [0.3, 0.4) is 0 Å². The molecule has 1 fully saturated rings. The Bertz CT molecular complexity index is 422. The number of rotatable bonds is 5. The molecule has 3 nitrogen and oxygen atoms in total. The predicted molar refractivity (Wildman–Crippen MR) is 86.3 cm³/mol. The maximum absolute atomic E-state index is 4.54. The smallest absolute Gasteiger partial charge is 0.0606 e. The van der Waals surface area contributed by atoms with Gasteiger partial charge in [-0.25, -0.2) is 0 Å². The second-order valence-corrected chi connectivity index (χ2v) is 6.20. The van der Waals surface area contributed by atoms with Crippen LogP contribution in [0, 0.1) is 19.8 Å². The molecule has 0 spiro atoms. The van der Waals surface area contributed by atoms with E-state index < -0.39 is 0 Å². The van der Waals surface area contributed by atoms with E-state index in [1.165, 1.54) is 44.6 Å². The summed E-state index contributed by atoms with van der Waals surface area (Å²) >= 11 is 0. The number of likely N-dealkylation sites (tertiary alicyclic amines) is 1. The third-order valence-corrected chi connectivity index (χ3v) is 4.49. The Morgan fingerprint density at radius 1 is 1.30 bits per heavy atom. The summed E-state index contributed by atoms with van der Waals surface area (Å²) in [5.41, 5.74) is 3.40. The highest BCUT2D eigenvalue weighted by molar-refractivity contribution is 5.48. The number of anilines is 1. The first kappa shape index (κ1) is 15.3. The Hall–Kier alpha value is -1.09. The molecule has 2 rings (SSSR count). The number of pyridine rings is 1. The van der Waals surface area contributed by atoms with Gasteiger partial charge in [-0.1, -0.05) is 6.92 Å². The molecular formula is C17H29N3. The molecule has 1 aromatic heterocycles. The first-order chi connectivity index (χ1) is 9.60. The molecule has 1 unspecified atom stereocenters. The van der Waals surface area contributed by atoms with E-state index in [2.05, 4.69) is 48.1 Å². The lowest BCUT2D eigenvalue weighted by atomic mass is 9.90. The molecule has 2 heterocycles. The molecule has 1 N–H and O–H groups in total. The van der Waals surface area contributed by atoms with Crippen LogP contribution in [-0.2, 0) is 0 Å². The fraction of sp³-hybridized carbons (Fsp3) is 0.706. The minimum Gasteiger partial charge on any atom is -0.381 e. The summed E-state index contributed by atoms with van der Waals surface area (Å²) in [6, 6.07) is 4.79. The van der Waals surface area contributed by atoms with Gasteiger partial charge in [0.15, 0.2) is 0 Å². The number of hydrogen-bond acceptors (Lipinski definition) is 3. The second kappa shape index (κ2) is 7.07. The lowest BCUT2D eigenvalue weighted by molar-refractivity contribution is 0.176. The van der Waals surface area contributed by atoms with Crippen molar-refractivity contribution in [3.63, 3.8) is 0 Å². The zero-order chi connectivity index (χ0) is 14.5. The van der Waals surface area contributed by atoms with Crippen LogP contribution < -0.4 is 5.32 Å². The third-order valence-electron chi connectivity index (χ3n) is 4.49. The van der Waals surface area contributed by atoms with Crippen molar-refractivity contribution in [1.29, 1.82) is 0 Å². The number of aryl methyl sites for hydroxylation is 2. The monoisotopic (exact) mass is 275 g/mol. The molecule has 1 atom stereocenters.